The monoisotopic (exact) mass is 300 g/mol. The average Bonchev–Trinajstić information content (AvgIpc) is 2.92. The number of hydrogen-bond acceptors (Lipinski definition) is 6. The molecule has 0 aliphatic carbocycles. The number of nitrogens with one attached hydrogen (secondary N) is 2. The number of barbiturate groups is 1. The van der Waals surface area contributed by atoms with Gasteiger partial charge in [0.05, 0.1) is 5.69 Å². The Morgan fingerprint density at radius 3 is 2.33 bits per heavy atom. The second-order valence-electron chi connectivity index (χ2n) is 4.08. The highest BCUT2D eigenvalue weighted by Crippen LogP contribution is 2.26. The summed E-state index contributed by atoms with van der Waals surface area (Å²) in [5.41, 5.74) is 1.23. The fraction of sp³-hybridized carbons (Fsp3) is 0. The molecule has 0 saturated carbocycles. The molecule has 0 bridgehead atoms. The third-order valence-corrected chi connectivity index (χ3v) is 3.39. The Morgan fingerprint density at radius 1 is 1.00 bits per heavy atom. The van der Waals surface area contributed by atoms with Crippen molar-refractivity contribution in [3.63, 3.8) is 0 Å². The van der Waals surface area contributed by atoms with E-state index < -0.39 is 17.8 Å². The van der Waals surface area contributed by atoms with Crippen LogP contribution in [0.2, 0.25) is 0 Å². The number of carbonyl (C=O) groups is 3. The van der Waals surface area contributed by atoms with Crippen molar-refractivity contribution in [1.82, 2.24) is 15.6 Å². The van der Waals surface area contributed by atoms with Gasteiger partial charge in [-0.05, 0) is 0 Å². The van der Waals surface area contributed by atoms with Crippen molar-refractivity contribution >= 4 is 40.0 Å². The fourth-order valence-corrected chi connectivity index (χ4v) is 2.41. The number of benzene rings is 1. The van der Waals surface area contributed by atoms with Gasteiger partial charge in [-0.15, -0.1) is 11.3 Å². The molecule has 8 heteroatoms. The van der Waals surface area contributed by atoms with E-state index in [1.807, 2.05) is 41.0 Å². The predicted octanol–water partition coefficient (Wildman–Crippen LogP) is 1.25. The van der Waals surface area contributed by atoms with Crippen molar-refractivity contribution in [2.75, 3.05) is 0 Å². The van der Waals surface area contributed by atoms with E-state index in [-0.39, 0.29) is 10.8 Å². The van der Waals surface area contributed by atoms with Crippen molar-refractivity contribution in [3.8, 4) is 11.3 Å². The molecule has 1 aromatic carbocycles. The van der Waals surface area contributed by atoms with Gasteiger partial charge >= 0.3 is 6.03 Å². The number of amides is 4. The number of nitrogens with zero attached hydrogens (tertiary/aromatic N) is 2. The number of hydrogen-bond donors (Lipinski definition) is 2. The SMILES string of the molecule is O=C1NC(=O)C(=Nc2nc(-c3ccccc3)cs2)C(=O)N1. The number of urea groups is 1. The maximum absolute atomic E-state index is 11.5. The van der Waals surface area contributed by atoms with Crippen molar-refractivity contribution in [1.29, 1.82) is 0 Å². The van der Waals surface area contributed by atoms with Crippen molar-refractivity contribution in [2.45, 2.75) is 0 Å². The van der Waals surface area contributed by atoms with Crippen LogP contribution in [-0.4, -0.2) is 28.5 Å². The van der Waals surface area contributed by atoms with Gasteiger partial charge in [-0.25, -0.2) is 14.8 Å². The lowest BCUT2D eigenvalue weighted by atomic mass is 10.2. The molecule has 1 aliphatic rings. The van der Waals surface area contributed by atoms with Gasteiger partial charge in [-0.3, -0.25) is 20.2 Å². The number of aromatic nitrogens is 1. The van der Waals surface area contributed by atoms with Crippen LogP contribution in [0.25, 0.3) is 11.3 Å². The maximum atomic E-state index is 11.5. The summed E-state index contributed by atoms with van der Waals surface area (Å²) in [4.78, 5) is 42.2. The first-order valence-corrected chi connectivity index (χ1v) is 6.78. The number of aliphatic imine (C=N–C) groups is 1. The summed E-state index contributed by atoms with van der Waals surface area (Å²) < 4.78 is 0. The molecule has 7 nitrogen and oxygen atoms in total. The minimum absolute atomic E-state index is 0.267. The molecular weight excluding hydrogens is 292 g/mol. The number of rotatable bonds is 2. The molecule has 0 unspecified atom stereocenters. The Morgan fingerprint density at radius 2 is 1.67 bits per heavy atom. The lowest BCUT2D eigenvalue weighted by Crippen LogP contribution is -2.56. The summed E-state index contributed by atoms with van der Waals surface area (Å²) in [6, 6.07) is 8.59. The first-order chi connectivity index (χ1) is 10.1. The van der Waals surface area contributed by atoms with Gasteiger partial charge in [0.1, 0.15) is 0 Å². The van der Waals surface area contributed by atoms with Crippen molar-refractivity contribution in [3.05, 3.63) is 35.7 Å². The van der Waals surface area contributed by atoms with Gasteiger partial charge in [0.25, 0.3) is 11.8 Å². The van der Waals surface area contributed by atoms with E-state index in [1.165, 1.54) is 11.3 Å². The number of imide groups is 2. The van der Waals surface area contributed by atoms with E-state index >= 15 is 0 Å². The normalized spacial score (nSPS) is 14.7. The second-order valence-corrected chi connectivity index (χ2v) is 4.92. The highest BCUT2D eigenvalue weighted by atomic mass is 32.1. The van der Waals surface area contributed by atoms with Gasteiger partial charge in [-0.1, -0.05) is 30.3 Å². The molecule has 1 fully saturated rings. The van der Waals surface area contributed by atoms with Crippen molar-refractivity contribution < 1.29 is 14.4 Å². The van der Waals surface area contributed by atoms with Crippen LogP contribution in [0.5, 0.6) is 0 Å². The highest BCUT2D eigenvalue weighted by molar-refractivity contribution is 7.13. The van der Waals surface area contributed by atoms with Gasteiger partial charge in [0.2, 0.25) is 5.13 Å². The van der Waals surface area contributed by atoms with Crippen LogP contribution in [0, 0.1) is 0 Å². The lowest BCUT2D eigenvalue weighted by Gasteiger charge is -2.11. The smallest absolute Gasteiger partial charge is 0.272 e. The molecular formula is C13H8N4O3S. The van der Waals surface area contributed by atoms with Crippen LogP contribution in [0.1, 0.15) is 0 Å². The van der Waals surface area contributed by atoms with Crippen LogP contribution in [0.15, 0.2) is 40.7 Å². The summed E-state index contributed by atoms with van der Waals surface area (Å²) >= 11 is 1.20. The summed E-state index contributed by atoms with van der Waals surface area (Å²) in [5, 5.41) is 5.95. The van der Waals surface area contributed by atoms with Crippen LogP contribution in [0.4, 0.5) is 9.93 Å². The second kappa shape index (κ2) is 5.25. The Labute approximate surface area is 122 Å². The van der Waals surface area contributed by atoms with E-state index in [1.54, 1.807) is 5.38 Å². The van der Waals surface area contributed by atoms with Crippen LogP contribution >= 0.6 is 11.3 Å². The molecule has 4 amide bonds. The molecule has 0 spiro atoms. The topological polar surface area (TPSA) is 101 Å². The van der Waals surface area contributed by atoms with Crippen molar-refractivity contribution in [2.24, 2.45) is 4.99 Å². The maximum Gasteiger partial charge on any atom is 0.328 e. The Bertz CT molecular complexity index is 745. The zero-order chi connectivity index (χ0) is 14.8. The summed E-state index contributed by atoms with van der Waals surface area (Å²) in [6.07, 6.45) is 0. The van der Waals surface area contributed by atoms with E-state index in [0.717, 1.165) is 5.56 Å². The van der Waals surface area contributed by atoms with Crippen LogP contribution < -0.4 is 10.6 Å². The highest BCUT2D eigenvalue weighted by Gasteiger charge is 2.30. The molecule has 0 atom stereocenters. The summed E-state index contributed by atoms with van der Waals surface area (Å²) in [7, 11) is 0. The minimum atomic E-state index is -0.854. The van der Waals surface area contributed by atoms with Gasteiger partial charge < -0.3 is 0 Å². The number of carbonyl (C=O) groups excluding carboxylic acids is 3. The molecule has 21 heavy (non-hydrogen) atoms. The van der Waals surface area contributed by atoms with Crippen LogP contribution in [0.3, 0.4) is 0 Å². The molecule has 0 radical (unpaired) electrons. The third kappa shape index (κ3) is 2.70. The summed E-state index contributed by atoms with van der Waals surface area (Å²) in [5.74, 6) is -1.67. The zero-order valence-corrected chi connectivity index (χ0v) is 11.3. The lowest BCUT2D eigenvalue weighted by molar-refractivity contribution is -0.119. The molecule has 2 heterocycles. The molecule has 1 aliphatic heterocycles. The number of thiazole rings is 1. The Hall–Kier alpha value is -2.87. The first-order valence-electron chi connectivity index (χ1n) is 5.90. The summed E-state index contributed by atoms with van der Waals surface area (Å²) in [6.45, 7) is 0. The molecule has 1 aromatic heterocycles. The quantitative estimate of drug-likeness (QED) is 0.871. The Balaban J connectivity index is 1.90. The van der Waals surface area contributed by atoms with Gasteiger partial charge in [0.15, 0.2) is 5.71 Å². The van der Waals surface area contributed by atoms with Gasteiger partial charge in [-0.2, -0.15) is 0 Å². The molecule has 2 aromatic rings. The molecule has 1 saturated heterocycles. The predicted molar refractivity (Wildman–Crippen MR) is 76.3 cm³/mol. The fourth-order valence-electron chi connectivity index (χ4n) is 1.71. The molecule has 3 rings (SSSR count). The minimum Gasteiger partial charge on any atom is -0.272 e. The standard InChI is InChI=1S/C13H8N4O3S/c18-10-9(11(19)17-12(20)16-10)15-13-14-8(6-21-13)7-4-2-1-3-5-7/h1-6H,(H2,16,17,18,19,20). The first kappa shape index (κ1) is 13.1. The molecule has 104 valence electrons. The van der Waals surface area contributed by atoms with E-state index in [9.17, 15) is 14.4 Å². The average molecular weight is 300 g/mol. The van der Waals surface area contributed by atoms with E-state index in [4.69, 9.17) is 0 Å². The van der Waals surface area contributed by atoms with Crippen LogP contribution in [-0.2, 0) is 9.59 Å². The Kier molecular flexibility index (Phi) is 3.28. The van der Waals surface area contributed by atoms with E-state index in [0.29, 0.717) is 5.69 Å². The zero-order valence-electron chi connectivity index (χ0n) is 10.5. The molecule has 2 N–H and O–H groups in total. The van der Waals surface area contributed by atoms with E-state index in [2.05, 4.69) is 9.98 Å². The largest absolute Gasteiger partial charge is 0.328 e. The third-order valence-electron chi connectivity index (χ3n) is 2.65. The van der Waals surface area contributed by atoms with Gasteiger partial charge in [0, 0.05) is 10.9 Å².